The van der Waals surface area contributed by atoms with Crippen LogP contribution in [0.4, 0.5) is 13.2 Å². The molecular weight excluding hydrogens is 324 g/mol. The van der Waals surface area contributed by atoms with Gasteiger partial charge in [0, 0.05) is 6.92 Å². The van der Waals surface area contributed by atoms with Crippen molar-refractivity contribution in [2.45, 2.75) is 37.7 Å². The van der Waals surface area contributed by atoms with Gasteiger partial charge in [0.1, 0.15) is 0 Å². The predicted octanol–water partition coefficient (Wildman–Crippen LogP) is 3.87. The number of alkyl halides is 5. The number of aliphatic carboxylic acids is 2. The van der Waals surface area contributed by atoms with E-state index in [-0.39, 0.29) is 6.42 Å². The second-order valence-electron chi connectivity index (χ2n) is 4.53. The summed E-state index contributed by atoms with van der Waals surface area (Å²) in [6.45, 7) is 4.02. The van der Waals surface area contributed by atoms with Gasteiger partial charge < -0.3 is 10.2 Å². The third-order valence-electron chi connectivity index (χ3n) is 1.73. The monoisotopic (exact) mass is 338 g/mol. The molecular formula is C11H15Cl2F3O4. The van der Waals surface area contributed by atoms with Gasteiger partial charge >= 0.3 is 12.1 Å². The molecule has 0 aromatic heterocycles. The van der Waals surface area contributed by atoms with Crippen molar-refractivity contribution in [3.05, 3.63) is 12.2 Å². The number of hydrogen-bond donors (Lipinski definition) is 2. The lowest BCUT2D eigenvalue weighted by Crippen LogP contribution is -2.32. The molecule has 0 heterocycles. The molecule has 0 rings (SSSR count). The van der Waals surface area contributed by atoms with Crippen LogP contribution >= 0.6 is 23.2 Å². The number of carboxylic acid groups (broad SMARTS) is 2. The van der Waals surface area contributed by atoms with Crippen LogP contribution in [0.25, 0.3) is 0 Å². The summed E-state index contributed by atoms with van der Waals surface area (Å²) in [6.07, 6.45) is -3.51. The number of allylic oxidation sites excluding steroid dienone is 2. The maximum Gasteiger partial charge on any atom is 0.425 e. The highest BCUT2D eigenvalue weighted by Crippen LogP contribution is 2.42. The molecule has 4 nitrogen and oxygen atoms in total. The van der Waals surface area contributed by atoms with E-state index in [1.165, 1.54) is 13.8 Å². The van der Waals surface area contributed by atoms with Gasteiger partial charge in [-0.2, -0.15) is 13.2 Å². The molecule has 20 heavy (non-hydrogen) atoms. The Hall–Kier alpha value is -0.950. The Morgan fingerprint density at radius 1 is 1.10 bits per heavy atom. The van der Waals surface area contributed by atoms with E-state index in [2.05, 4.69) is 0 Å². The van der Waals surface area contributed by atoms with E-state index < -0.39 is 27.9 Å². The maximum atomic E-state index is 12.2. The van der Waals surface area contributed by atoms with Crippen molar-refractivity contribution in [1.29, 1.82) is 0 Å². The second-order valence-corrected chi connectivity index (χ2v) is 5.92. The fraction of sp³-hybridized carbons (Fsp3) is 0.636. The lowest BCUT2D eigenvalue weighted by atomic mass is 9.89. The van der Waals surface area contributed by atoms with E-state index in [9.17, 15) is 18.0 Å². The van der Waals surface area contributed by atoms with Crippen molar-refractivity contribution < 1.29 is 33.0 Å². The van der Waals surface area contributed by atoms with Gasteiger partial charge in [-0.25, -0.2) is 0 Å². The lowest BCUT2D eigenvalue weighted by Gasteiger charge is -2.22. The molecule has 9 heteroatoms. The lowest BCUT2D eigenvalue weighted by molar-refractivity contribution is -0.138. The van der Waals surface area contributed by atoms with Crippen molar-refractivity contribution in [2.24, 2.45) is 5.41 Å². The Balaban J connectivity index is 0. The number of hydrogen-bond acceptors (Lipinski definition) is 2. The summed E-state index contributed by atoms with van der Waals surface area (Å²) in [5.74, 6) is -1.95. The van der Waals surface area contributed by atoms with Crippen LogP contribution in [0.2, 0.25) is 0 Å². The van der Waals surface area contributed by atoms with E-state index in [0.717, 1.165) is 13.0 Å². The van der Waals surface area contributed by atoms with Crippen LogP contribution in [0.15, 0.2) is 12.2 Å². The standard InChI is InChI=1S/C9H11Cl2F3O2.C2H4O2/c1-7(2,5-6(15)16)3-4-8(10,11)9(12,13)14;1-2(3)4/h3-4H,5H2,1-2H3,(H,15,16);1H3,(H,3,4). The third-order valence-corrected chi connectivity index (χ3v) is 2.41. The zero-order chi connectivity index (χ0) is 16.8. The third kappa shape index (κ3) is 10.9. The normalized spacial score (nSPS) is 12.8. The van der Waals surface area contributed by atoms with Crippen LogP contribution in [0, 0.1) is 5.41 Å². The Bertz CT molecular complexity index is 372. The van der Waals surface area contributed by atoms with E-state index in [1.807, 2.05) is 0 Å². The Morgan fingerprint density at radius 3 is 1.70 bits per heavy atom. The first-order valence-electron chi connectivity index (χ1n) is 5.17. The minimum atomic E-state index is -4.80. The smallest absolute Gasteiger partial charge is 0.425 e. The first-order valence-corrected chi connectivity index (χ1v) is 5.92. The van der Waals surface area contributed by atoms with E-state index >= 15 is 0 Å². The largest absolute Gasteiger partial charge is 0.481 e. The van der Waals surface area contributed by atoms with Gasteiger partial charge in [0.05, 0.1) is 6.42 Å². The molecule has 0 atom stereocenters. The molecule has 0 aliphatic carbocycles. The van der Waals surface area contributed by atoms with E-state index in [1.54, 1.807) is 0 Å². The van der Waals surface area contributed by atoms with Crippen molar-refractivity contribution in [1.82, 2.24) is 0 Å². The summed E-state index contributed by atoms with van der Waals surface area (Å²) >= 11 is 10.1. The highest BCUT2D eigenvalue weighted by atomic mass is 35.5. The molecule has 0 aliphatic heterocycles. The SMILES string of the molecule is CC(=O)O.CC(C)(C=CC(Cl)(Cl)C(F)(F)F)CC(=O)O. The van der Waals surface area contributed by atoms with E-state index in [0.29, 0.717) is 6.08 Å². The van der Waals surface area contributed by atoms with Gasteiger partial charge in [-0.05, 0) is 11.5 Å². The Kier molecular flexibility index (Phi) is 8.25. The first-order chi connectivity index (χ1) is 8.61. The van der Waals surface area contributed by atoms with Crippen LogP contribution in [-0.2, 0) is 9.59 Å². The Morgan fingerprint density at radius 2 is 1.45 bits per heavy atom. The zero-order valence-corrected chi connectivity index (χ0v) is 12.5. The molecule has 2 N–H and O–H groups in total. The van der Waals surface area contributed by atoms with E-state index in [4.69, 9.17) is 38.2 Å². The molecule has 0 saturated carbocycles. The van der Waals surface area contributed by atoms with Gasteiger partial charge in [-0.3, -0.25) is 9.59 Å². The summed E-state index contributed by atoms with van der Waals surface area (Å²) in [6, 6.07) is 0. The van der Waals surface area contributed by atoms with Crippen LogP contribution in [0.1, 0.15) is 27.2 Å². The molecule has 0 spiro atoms. The number of rotatable bonds is 4. The summed E-state index contributed by atoms with van der Waals surface area (Å²) in [5.41, 5.74) is -0.952. The highest BCUT2D eigenvalue weighted by molar-refractivity contribution is 6.50. The Labute approximate surface area is 124 Å². The minimum absolute atomic E-state index is 0.314. The highest BCUT2D eigenvalue weighted by Gasteiger charge is 2.50. The number of carbonyl (C=O) groups is 2. The van der Waals surface area contributed by atoms with Crippen LogP contribution < -0.4 is 0 Å². The fourth-order valence-electron chi connectivity index (χ4n) is 0.873. The van der Waals surface area contributed by atoms with Crippen molar-refractivity contribution in [2.75, 3.05) is 0 Å². The van der Waals surface area contributed by atoms with Crippen molar-refractivity contribution in [3.8, 4) is 0 Å². The quantitative estimate of drug-likeness (QED) is 0.602. The van der Waals surface area contributed by atoms with Crippen LogP contribution in [0.5, 0.6) is 0 Å². The van der Waals surface area contributed by atoms with Gasteiger partial charge in [0.2, 0.25) is 4.33 Å². The number of carboxylic acids is 2. The van der Waals surface area contributed by atoms with Crippen LogP contribution in [-0.4, -0.2) is 32.7 Å². The minimum Gasteiger partial charge on any atom is -0.481 e. The van der Waals surface area contributed by atoms with Crippen LogP contribution in [0.3, 0.4) is 0 Å². The average molecular weight is 339 g/mol. The van der Waals surface area contributed by atoms with Crippen molar-refractivity contribution in [3.63, 3.8) is 0 Å². The zero-order valence-electron chi connectivity index (χ0n) is 11.0. The number of halogens is 5. The summed E-state index contributed by atoms with van der Waals surface area (Å²) in [5, 5.41) is 15.9. The molecule has 0 bridgehead atoms. The van der Waals surface area contributed by atoms with Gasteiger partial charge in [0.15, 0.2) is 0 Å². The summed E-state index contributed by atoms with van der Waals surface area (Å²) in [7, 11) is 0. The molecule has 0 fully saturated rings. The molecule has 0 radical (unpaired) electrons. The maximum absolute atomic E-state index is 12.2. The average Bonchev–Trinajstić information content (AvgIpc) is 2.10. The summed E-state index contributed by atoms with van der Waals surface area (Å²) < 4.78 is 33.7. The molecule has 0 unspecified atom stereocenters. The van der Waals surface area contributed by atoms with Gasteiger partial charge in [-0.15, -0.1) is 0 Å². The molecule has 0 aliphatic rings. The molecule has 0 amide bonds. The summed E-state index contributed by atoms with van der Waals surface area (Å²) in [4.78, 5) is 19.4. The van der Waals surface area contributed by atoms with Gasteiger partial charge in [-0.1, -0.05) is 43.1 Å². The second kappa shape index (κ2) is 7.73. The molecule has 0 aromatic carbocycles. The molecule has 0 saturated heterocycles. The van der Waals surface area contributed by atoms with Crippen molar-refractivity contribution >= 4 is 35.1 Å². The first kappa shape index (κ1) is 21.4. The topological polar surface area (TPSA) is 74.6 Å². The molecule has 118 valence electrons. The molecule has 0 aromatic rings. The van der Waals surface area contributed by atoms with Gasteiger partial charge in [0.25, 0.3) is 5.97 Å². The predicted molar refractivity (Wildman–Crippen MR) is 69.0 cm³/mol. The fourth-order valence-corrected chi connectivity index (χ4v) is 0.999.